The van der Waals surface area contributed by atoms with Gasteiger partial charge in [0.25, 0.3) is 20.2 Å². The first-order valence-electron chi connectivity index (χ1n) is 14.8. The number of carbonyl (C=O) groups excluding carboxylic acids is 2. The average molecular weight is 817 g/mol. The van der Waals surface area contributed by atoms with Gasteiger partial charge < -0.3 is 19.7 Å². The minimum Gasteiger partial charge on any atom is -0.744 e. The van der Waals surface area contributed by atoms with Gasteiger partial charge in [0.2, 0.25) is 11.8 Å². The van der Waals surface area contributed by atoms with Crippen LogP contribution in [0.3, 0.4) is 0 Å². The van der Waals surface area contributed by atoms with Crippen molar-refractivity contribution in [1.29, 1.82) is 0 Å². The maximum Gasteiger partial charge on any atom is 1.00 e. The van der Waals surface area contributed by atoms with Gasteiger partial charge >= 0.3 is 59.1 Å². The third-order valence-corrected chi connectivity index (χ3v) is 11.2. The average Bonchev–Trinajstić information content (AvgIpc) is 2.99. The van der Waals surface area contributed by atoms with E-state index >= 15 is 0 Å². The third-order valence-electron chi connectivity index (χ3n) is 7.63. The summed E-state index contributed by atoms with van der Waals surface area (Å²) in [6.07, 6.45) is 3.40. The molecule has 4 rings (SSSR count). The van der Waals surface area contributed by atoms with Crippen LogP contribution in [-0.4, -0.2) is 63.7 Å². The maximum absolute atomic E-state index is 12.6. The standard InChI is InChI=1S/C30H32N2O14S4.2Na/c33-27(31-21-15-17-23(47(35,36)37)19-9-7-11-25(29(19)21)49(41,42)43)13-5-3-1-2-4-6-14-28(34)32-22-16-18-24(48(38,39)40)20-10-8-12-26(30(20)22)50(44,45)46;;/h7-12,15-18H,1-6,13-14H2,(H,31,33)(H,32,34)(H,35,36,37)(H,38,39,40)(H,41,42,43)(H,44,45,46);;/q;2*+1/p-2. The van der Waals surface area contributed by atoms with E-state index in [1.54, 1.807) is 0 Å². The minimum atomic E-state index is -5.02. The van der Waals surface area contributed by atoms with Crippen LogP contribution < -0.4 is 69.7 Å². The van der Waals surface area contributed by atoms with Crippen LogP contribution in [0.2, 0.25) is 0 Å². The molecule has 4 aromatic rings. The molecule has 0 atom stereocenters. The summed E-state index contributed by atoms with van der Waals surface area (Å²) in [5, 5.41) is 3.78. The van der Waals surface area contributed by atoms with Crippen LogP contribution in [0.15, 0.2) is 80.2 Å². The Bertz CT molecular complexity index is 2270. The van der Waals surface area contributed by atoms with Gasteiger partial charge in [0.1, 0.15) is 30.0 Å². The number of unbranched alkanes of at least 4 members (excludes halogenated alkanes) is 5. The molecule has 0 aliphatic carbocycles. The third kappa shape index (κ3) is 11.7. The predicted molar refractivity (Wildman–Crippen MR) is 178 cm³/mol. The number of anilines is 2. The Kier molecular flexibility index (Phi) is 16.5. The predicted octanol–water partition coefficient (Wildman–Crippen LogP) is -2.00. The van der Waals surface area contributed by atoms with E-state index in [9.17, 15) is 61.5 Å². The summed E-state index contributed by atoms with van der Waals surface area (Å²) in [4.78, 5) is 22.5. The molecule has 22 heteroatoms. The fraction of sp³-hybridized carbons (Fsp3) is 0.267. The second-order valence-electron chi connectivity index (χ2n) is 11.2. The molecule has 0 fully saturated rings. The molecule has 0 heterocycles. The first-order valence-corrected chi connectivity index (χ1v) is 20.5. The summed E-state index contributed by atoms with van der Waals surface area (Å²) < 4.78 is 137. The first kappa shape index (κ1) is 46.1. The Labute approximate surface area is 344 Å². The van der Waals surface area contributed by atoms with Crippen LogP contribution >= 0.6 is 0 Å². The van der Waals surface area contributed by atoms with Crippen molar-refractivity contribution in [1.82, 2.24) is 0 Å². The second kappa shape index (κ2) is 18.5. The Morgan fingerprint density at radius 1 is 0.500 bits per heavy atom. The van der Waals surface area contributed by atoms with Crippen LogP contribution in [0.25, 0.3) is 21.5 Å². The summed E-state index contributed by atoms with van der Waals surface area (Å²) in [6, 6.07) is 10.7. The van der Waals surface area contributed by atoms with Crippen molar-refractivity contribution in [3.8, 4) is 0 Å². The number of hydrogen-bond donors (Lipinski definition) is 4. The summed E-state index contributed by atoms with van der Waals surface area (Å²) in [5.74, 6) is -1.06. The molecule has 0 unspecified atom stereocenters. The summed E-state index contributed by atoms with van der Waals surface area (Å²) in [6.45, 7) is 0. The SMILES string of the molecule is O=C(CCCCCCCCC(=O)Nc1ccc(S(=O)(=O)[O-])c2cccc(S(=O)(=O)O)c12)Nc1ccc(S(=O)(=O)[O-])c2cccc(S(=O)(=O)O)c12.[Na+].[Na+]. The topological polar surface area (TPSA) is 281 Å². The molecule has 0 saturated heterocycles. The van der Waals surface area contributed by atoms with E-state index in [0.29, 0.717) is 38.5 Å². The van der Waals surface area contributed by atoms with E-state index in [2.05, 4.69) is 10.6 Å². The van der Waals surface area contributed by atoms with Crippen LogP contribution in [0.1, 0.15) is 51.4 Å². The van der Waals surface area contributed by atoms with E-state index in [-0.39, 0.29) is 105 Å². The van der Waals surface area contributed by atoms with Gasteiger partial charge in [-0.2, -0.15) is 16.8 Å². The van der Waals surface area contributed by atoms with Crippen LogP contribution in [-0.2, 0) is 50.1 Å². The Hall–Kier alpha value is -2.02. The van der Waals surface area contributed by atoms with Gasteiger partial charge in [-0.3, -0.25) is 18.7 Å². The van der Waals surface area contributed by atoms with E-state index in [4.69, 9.17) is 0 Å². The van der Waals surface area contributed by atoms with Gasteiger partial charge in [0.05, 0.1) is 21.2 Å². The molecule has 4 aromatic carbocycles. The molecule has 0 radical (unpaired) electrons. The van der Waals surface area contributed by atoms with Gasteiger partial charge in [-0.1, -0.05) is 49.9 Å². The molecule has 0 spiro atoms. The van der Waals surface area contributed by atoms with Gasteiger partial charge in [-0.05, 0) is 49.2 Å². The second-order valence-corrected chi connectivity index (χ2v) is 16.6. The number of rotatable bonds is 15. The molecule has 4 N–H and O–H groups in total. The van der Waals surface area contributed by atoms with E-state index < -0.39 is 71.9 Å². The summed E-state index contributed by atoms with van der Waals surface area (Å²) >= 11 is 0. The van der Waals surface area contributed by atoms with E-state index in [0.717, 1.165) is 48.5 Å². The molecular formula is C30H30N2Na2O14S4. The van der Waals surface area contributed by atoms with Crippen molar-refractivity contribution < 1.29 is 121 Å². The smallest absolute Gasteiger partial charge is 0.744 e. The number of amides is 2. The minimum absolute atomic E-state index is 0. The monoisotopic (exact) mass is 816 g/mol. The Balaban J connectivity index is 0.00000468. The van der Waals surface area contributed by atoms with Crippen molar-refractivity contribution in [2.24, 2.45) is 0 Å². The molecule has 0 bridgehead atoms. The molecule has 0 aliphatic heterocycles. The quantitative estimate of drug-likeness (QED) is 0.0574. The normalized spacial score (nSPS) is 12.2. The van der Waals surface area contributed by atoms with Gasteiger partial charge in [0.15, 0.2) is 0 Å². The van der Waals surface area contributed by atoms with Crippen molar-refractivity contribution in [2.75, 3.05) is 10.6 Å². The molecule has 0 aromatic heterocycles. The van der Waals surface area contributed by atoms with Gasteiger partial charge in [-0.15, -0.1) is 0 Å². The molecule has 2 amide bonds. The molecule has 0 aliphatic rings. The largest absolute Gasteiger partial charge is 1.00 e. The van der Waals surface area contributed by atoms with Gasteiger partial charge in [-0.25, -0.2) is 16.8 Å². The molecule has 16 nitrogen and oxygen atoms in total. The zero-order chi connectivity index (χ0) is 37.1. The molecule has 270 valence electrons. The van der Waals surface area contributed by atoms with Crippen LogP contribution in [0.5, 0.6) is 0 Å². The number of carbonyl (C=O) groups is 2. The van der Waals surface area contributed by atoms with Crippen LogP contribution in [0, 0.1) is 0 Å². The van der Waals surface area contributed by atoms with Crippen molar-refractivity contribution in [2.45, 2.75) is 70.9 Å². The van der Waals surface area contributed by atoms with Crippen molar-refractivity contribution in [3.63, 3.8) is 0 Å². The number of nitrogens with one attached hydrogen (secondary N) is 2. The molecular weight excluding hydrogens is 787 g/mol. The first-order chi connectivity index (χ1) is 23.2. The number of benzene rings is 4. The summed E-state index contributed by atoms with van der Waals surface area (Å²) in [7, 11) is -19.8. The van der Waals surface area contributed by atoms with Crippen molar-refractivity contribution in [3.05, 3.63) is 60.7 Å². The van der Waals surface area contributed by atoms with Crippen LogP contribution in [0.4, 0.5) is 11.4 Å². The van der Waals surface area contributed by atoms with Crippen molar-refractivity contribution >= 4 is 85.2 Å². The molecule has 52 heavy (non-hydrogen) atoms. The number of hydrogen-bond acceptors (Lipinski definition) is 12. The fourth-order valence-electron chi connectivity index (χ4n) is 5.47. The Morgan fingerprint density at radius 3 is 1.13 bits per heavy atom. The van der Waals surface area contributed by atoms with E-state index in [1.165, 1.54) is 12.1 Å². The fourth-order valence-corrected chi connectivity index (χ4v) is 8.28. The summed E-state index contributed by atoms with van der Waals surface area (Å²) in [5.41, 5.74) is -0.227. The zero-order valence-corrected chi connectivity index (χ0v) is 35.1. The zero-order valence-electron chi connectivity index (χ0n) is 27.9. The Morgan fingerprint density at radius 2 is 0.827 bits per heavy atom. The number of fused-ring (bicyclic) bond motifs is 2. The maximum atomic E-state index is 12.6. The van der Waals surface area contributed by atoms with E-state index in [1.807, 2.05) is 0 Å². The molecule has 0 saturated carbocycles. The van der Waals surface area contributed by atoms with Gasteiger partial charge in [0, 0.05) is 34.4 Å².